The lowest BCUT2D eigenvalue weighted by molar-refractivity contribution is 0.0690. The Hall–Kier alpha value is -1.69. The summed E-state index contributed by atoms with van der Waals surface area (Å²) in [4.78, 5) is 11.3. The van der Waals surface area contributed by atoms with Gasteiger partial charge in [0.15, 0.2) is 0 Å². The Bertz CT molecular complexity index is 523. The largest absolute Gasteiger partial charge is 0.535 e. The van der Waals surface area contributed by atoms with Crippen molar-refractivity contribution in [2.45, 2.75) is 24.6 Å². The van der Waals surface area contributed by atoms with Gasteiger partial charge in [0.2, 0.25) is 0 Å². The van der Waals surface area contributed by atoms with E-state index in [0.717, 1.165) is 18.4 Å². The van der Waals surface area contributed by atoms with Crippen molar-refractivity contribution in [3.63, 3.8) is 0 Å². The number of carbonyl (C=O) groups is 1. The number of fused-ring (bicyclic) bond motifs is 2. The van der Waals surface area contributed by atoms with E-state index in [1.165, 1.54) is 7.11 Å². The molecule has 5 nitrogen and oxygen atoms in total. The van der Waals surface area contributed by atoms with Crippen LogP contribution < -0.4 is 9.39 Å². The van der Waals surface area contributed by atoms with Crippen LogP contribution in [0, 0.1) is 0 Å². The molecule has 1 aromatic carbocycles. The van der Waals surface area contributed by atoms with Gasteiger partial charge in [0.05, 0.1) is 7.11 Å². The molecule has 1 aliphatic carbocycles. The van der Waals surface area contributed by atoms with Crippen molar-refractivity contribution in [2.24, 2.45) is 0 Å². The first-order chi connectivity index (χ1) is 8.57. The predicted octanol–water partition coefficient (Wildman–Crippen LogP) is 1.30. The Morgan fingerprint density at radius 3 is 2.78 bits per heavy atom. The lowest BCUT2D eigenvalue weighted by Gasteiger charge is -2.29. The third-order valence-electron chi connectivity index (χ3n) is 3.80. The van der Waals surface area contributed by atoms with E-state index in [2.05, 4.69) is 0 Å². The molecule has 1 heterocycles. The van der Waals surface area contributed by atoms with E-state index in [1.807, 2.05) is 6.07 Å². The fourth-order valence-electron chi connectivity index (χ4n) is 2.72. The lowest BCUT2D eigenvalue weighted by Crippen LogP contribution is -2.34. The van der Waals surface area contributed by atoms with Gasteiger partial charge in [0.25, 0.3) is 0 Å². The molecule has 1 spiro atoms. The predicted molar refractivity (Wildman–Crippen MR) is 64.3 cm³/mol. The molecule has 0 aromatic heterocycles. The van der Waals surface area contributed by atoms with Gasteiger partial charge in [-0.1, -0.05) is 6.07 Å². The smallest absolute Gasteiger partial charge is 0.523 e. The van der Waals surface area contributed by atoms with Crippen LogP contribution in [0.3, 0.4) is 0 Å². The molecule has 2 aliphatic rings. The molecular formula is C12H13BO5. The maximum Gasteiger partial charge on any atom is 0.523 e. The molecule has 1 aliphatic heterocycles. The summed E-state index contributed by atoms with van der Waals surface area (Å²) in [5.74, 6) is -0.585. The molecule has 1 aromatic rings. The fraction of sp³-hybridized carbons (Fsp3) is 0.417. The van der Waals surface area contributed by atoms with Crippen LogP contribution in [-0.4, -0.2) is 30.3 Å². The van der Waals surface area contributed by atoms with Crippen LogP contribution in [0.5, 0.6) is 11.5 Å². The number of ether oxygens (including phenoxy) is 1. The number of carboxylic acids is 1. The topological polar surface area (TPSA) is 76.0 Å². The number of methoxy groups -OCH3 is 1. The minimum absolute atomic E-state index is 0.0000231. The van der Waals surface area contributed by atoms with Gasteiger partial charge in [-0.05, 0) is 29.9 Å². The van der Waals surface area contributed by atoms with E-state index in [4.69, 9.17) is 9.39 Å². The molecule has 0 amide bonds. The van der Waals surface area contributed by atoms with Crippen molar-refractivity contribution in [3.8, 4) is 11.5 Å². The van der Waals surface area contributed by atoms with Crippen molar-refractivity contribution >= 4 is 13.1 Å². The molecule has 2 N–H and O–H groups in total. The van der Waals surface area contributed by atoms with Gasteiger partial charge in [-0.15, -0.1) is 0 Å². The van der Waals surface area contributed by atoms with Crippen LogP contribution >= 0.6 is 0 Å². The molecule has 18 heavy (non-hydrogen) atoms. The molecule has 1 saturated carbocycles. The van der Waals surface area contributed by atoms with Crippen LogP contribution in [0.4, 0.5) is 0 Å². The highest BCUT2D eigenvalue weighted by Crippen LogP contribution is 2.58. The number of carboxylic acid groups (broad SMARTS) is 1. The summed E-state index contributed by atoms with van der Waals surface area (Å²) in [6, 6.07) is 3.50. The molecule has 0 radical (unpaired) electrons. The third kappa shape index (κ3) is 1.49. The normalized spacial score (nSPS) is 19.1. The number of aromatic carboxylic acids is 1. The second kappa shape index (κ2) is 3.65. The van der Waals surface area contributed by atoms with Crippen molar-refractivity contribution in [2.75, 3.05) is 7.11 Å². The zero-order chi connectivity index (χ0) is 12.9. The van der Waals surface area contributed by atoms with Crippen LogP contribution in [0.1, 0.15) is 28.8 Å². The van der Waals surface area contributed by atoms with Crippen LogP contribution in [0.2, 0.25) is 6.32 Å². The van der Waals surface area contributed by atoms with Crippen molar-refractivity contribution in [1.82, 2.24) is 0 Å². The summed E-state index contributed by atoms with van der Waals surface area (Å²) in [5.41, 5.74) is 0.787. The Morgan fingerprint density at radius 1 is 1.50 bits per heavy atom. The summed E-state index contributed by atoms with van der Waals surface area (Å²) >= 11 is 0. The Kier molecular flexibility index (Phi) is 2.31. The number of hydrogen-bond acceptors (Lipinski definition) is 4. The van der Waals surface area contributed by atoms with Crippen molar-refractivity contribution in [3.05, 3.63) is 23.3 Å². The Labute approximate surface area is 104 Å². The SMILES string of the molecule is COc1ccc2c(c1C(=O)O)OB(O)CC21CC1. The van der Waals surface area contributed by atoms with Gasteiger partial charge in [-0.2, -0.15) is 0 Å². The lowest BCUT2D eigenvalue weighted by atomic mass is 9.69. The number of rotatable bonds is 2. The third-order valence-corrected chi connectivity index (χ3v) is 3.80. The summed E-state index contributed by atoms with van der Waals surface area (Å²) < 4.78 is 10.4. The minimum Gasteiger partial charge on any atom is -0.535 e. The second-order valence-corrected chi connectivity index (χ2v) is 4.88. The zero-order valence-corrected chi connectivity index (χ0v) is 9.97. The average Bonchev–Trinajstić information content (AvgIpc) is 3.07. The van der Waals surface area contributed by atoms with Gasteiger partial charge in [0.1, 0.15) is 17.1 Å². The standard InChI is InChI=1S/C12H13BO5/c1-17-8-3-2-7-10(9(8)11(14)15)18-13(16)6-12(7)4-5-12/h2-3,16H,4-6H2,1H3,(H,14,15). The molecule has 6 heteroatoms. The summed E-state index contributed by atoms with van der Waals surface area (Å²) in [7, 11) is 0.477. The van der Waals surface area contributed by atoms with Crippen molar-refractivity contribution < 1.29 is 24.3 Å². The first kappa shape index (κ1) is 11.4. The molecular weight excluding hydrogens is 235 g/mol. The van der Waals surface area contributed by atoms with Gasteiger partial charge < -0.3 is 19.5 Å². The summed E-state index contributed by atoms with van der Waals surface area (Å²) in [6.07, 6.45) is 2.46. The fourth-order valence-corrected chi connectivity index (χ4v) is 2.72. The average molecular weight is 248 g/mol. The van der Waals surface area contributed by atoms with Gasteiger partial charge in [0, 0.05) is 6.32 Å². The van der Waals surface area contributed by atoms with Crippen LogP contribution in [0.15, 0.2) is 12.1 Å². The summed E-state index contributed by atoms with van der Waals surface area (Å²) in [6.45, 7) is 0. The first-order valence-electron chi connectivity index (χ1n) is 5.87. The van der Waals surface area contributed by atoms with E-state index in [1.54, 1.807) is 6.07 Å². The van der Waals surface area contributed by atoms with E-state index in [9.17, 15) is 14.9 Å². The monoisotopic (exact) mass is 248 g/mol. The van der Waals surface area contributed by atoms with Crippen molar-refractivity contribution in [1.29, 1.82) is 0 Å². The maximum atomic E-state index is 11.3. The maximum absolute atomic E-state index is 11.3. The minimum atomic E-state index is -1.10. The van der Waals surface area contributed by atoms with E-state index < -0.39 is 13.1 Å². The molecule has 0 bridgehead atoms. The first-order valence-corrected chi connectivity index (χ1v) is 5.87. The highest BCUT2D eigenvalue weighted by Gasteiger charge is 2.53. The van der Waals surface area contributed by atoms with E-state index in [0.29, 0.717) is 6.32 Å². The molecule has 0 saturated heterocycles. The molecule has 0 unspecified atom stereocenters. The molecule has 0 atom stereocenters. The molecule has 3 rings (SSSR count). The number of benzene rings is 1. The summed E-state index contributed by atoms with van der Waals surface area (Å²) in [5, 5.41) is 19.0. The quantitative estimate of drug-likeness (QED) is 0.771. The molecule has 94 valence electrons. The number of hydrogen-bond donors (Lipinski definition) is 2. The van der Waals surface area contributed by atoms with Gasteiger partial charge in [-0.3, -0.25) is 0 Å². The van der Waals surface area contributed by atoms with Gasteiger partial charge >= 0.3 is 13.1 Å². The molecule has 1 fully saturated rings. The van der Waals surface area contributed by atoms with Crippen LogP contribution in [-0.2, 0) is 5.41 Å². The zero-order valence-electron chi connectivity index (χ0n) is 9.97. The second-order valence-electron chi connectivity index (χ2n) is 4.88. The highest BCUT2D eigenvalue weighted by molar-refractivity contribution is 6.45. The van der Waals surface area contributed by atoms with Gasteiger partial charge in [-0.25, -0.2) is 4.79 Å². The van der Waals surface area contributed by atoms with E-state index in [-0.39, 0.29) is 22.5 Å². The Morgan fingerprint density at radius 2 is 2.22 bits per heavy atom. The van der Waals surface area contributed by atoms with E-state index >= 15 is 0 Å². The van der Waals surface area contributed by atoms with Crippen LogP contribution in [0.25, 0.3) is 0 Å². The Balaban J connectivity index is 2.22. The highest BCUT2D eigenvalue weighted by atomic mass is 16.5.